The van der Waals surface area contributed by atoms with Gasteiger partial charge in [-0.15, -0.1) is 0 Å². The molecule has 1 aliphatic rings. The van der Waals surface area contributed by atoms with Crippen molar-refractivity contribution in [3.8, 4) is 11.5 Å². The van der Waals surface area contributed by atoms with Crippen molar-refractivity contribution in [3.63, 3.8) is 0 Å². The van der Waals surface area contributed by atoms with E-state index in [4.69, 9.17) is 14.2 Å². The molecule has 2 aromatic rings. The molecule has 10 nitrogen and oxygen atoms in total. The number of nitrogens with one attached hydrogen (secondary N) is 3. The SMILES string of the molecule is CCOc1cc(/C=N\NC(=O)C(=O)NC[C@H]2CCCO2)cc(I)c1OCC(=O)Nc1ccc(C)cc1. The fourth-order valence-corrected chi connectivity index (χ4v) is 4.13. The molecule has 0 spiro atoms. The van der Waals surface area contributed by atoms with E-state index in [-0.39, 0.29) is 25.2 Å². The Hall–Kier alpha value is -3.19. The van der Waals surface area contributed by atoms with Gasteiger partial charge < -0.3 is 24.8 Å². The smallest absolute Gasteiger partial charge is 0.329 e. The number of anilines is 1. The molecule has 0 bridgehead atoms. The number of aryl methyl sites for hydroxylation is 1. The highest BCUT2D eigenvalue weighted by Crippen LogP contribution is 2.34. The zero-order chi connectivity index (χ0) is 25.9. The number of amides is 3. The van der Waals surface area contributed by atoms with Crippen molar-refractivity contribution >= 4 is 52.2 Å². The predicted octanol–water partition coefficient (Wildman–Crippen LogP) is 2.76. The summed E-state index contributed by atoms with van der Waals surface area (Å²) in [5.41, 5.74) is 4.60. The molecule has 3 amide bonds. The topological polar surface area (TPSA) is 127 Å². The number of carbonyl (C=O) groups is 3. The van der Waals surface area contributed by atoms with E-state index < -0.39 is 11.8 Å². The average Bonchev–Trinajstić information content (AvgIpc) is 3.37. The number of rotatable bonds is 10. The minimum atomic E-state index is -0.872. The Bertz CT molecular complexity index is 1100. The second kappa shape index (κ2) is 13.8. The summed E-state index contributed by atoms with van der Waals surface area (Å²) in [7, 11) is 0. The molecular weight excluding hydrogens is 579 g/mol. The van der Waals surface area contributed by atoms with Gasteiger partial charge in [0.2, 0.25) is 0 Å². The lowest BCUT2D eigenvalue weighted by Crippen LogP contribution is -2.41. The molecule has 1 fully saturated rings. The molecule has 0 radical (unpaired) electrons. The van der Waals surface area contributed by atoms with Crippen LogP contribution in [0.25, 0.3) is 0 Å². The van der Waals surface area contributed by atoms with Crippen molar-refractivity contribution < 1.29 is 28.6 Å². The van der Waals surface area contributed by atoms with Crippen molar-refractivity contribution in [2.24, 2.45) is 5.10 Å². The van der Waals surface area contributed by atoms with Gasteiger partial charge in [0.15, 0.2) is 18.1 Å². The van der Waals surface area contributed by atoms with Gasteiger partial charge in [-0.25, -0.2) is 5.43 Å². The summed E-state index contributed by atoms with van der Waals surface area (Å²) in [5, 5.41) is 9.18. The van der Waals surface area contributed by atoms with Crippen LogP contribution in [0.2, 0.25) is 0 Å². The standard InChI is InChI=1S/C25H29IN4O6/c1-3-34-21-12-17(13-28-30-25(33)24(32)27-14-19-5-4-10-35-19)11-20(26)23(21)36-15-22(31)29-18-8-6-16(2)7-9-18/h6-9,11-13,19H,3-5,10,14-15H2,1-2H3,(H,27,32)(H,29,31)(H,30,33)/b28-13-/t19-/m1/s1. The van der Waals surface area contributed by atoms with E-state index in [1.807, 2.05) is 38.1 Å². The molecular formula is C25H29IN4O6. The normalized spacial score (nSPS) is 14.9. The van der Waals surface area contributed by atoms with Crippen molar-refractivity contribution in [2.45, 2.75) is 32.8 Å². The number of hydrogen-bond acceptors (Lipinski definition) is 7. The molecule has 0 aliphatic carbocycles. The summed E-state index contributed by atoms with van der Waals surface area (Å²) >= 11 is 2.07. The van der Waals surface area contributed by atoms with E-state index in [2.05, 4.69) is 43.8 Å². The van der Waals surface area contributed by atoms with E-state index in [1.165, 1.54) is 6.21 Å². The lowest BCUT2D eigenvalue weighted by atomic mass is 10.2. The van der Waals surface area contributed by atoms with E-state index in [1.54, 1.807) is 12.1 Å². The zero-order valence-corrected chi connectivity index (χ0v) is 22.3. The van der Waals surface area contributed by atoms with Gasteiger partial charge in [-0.3, -0.25) is 14.4 Å². The quantitative estimate of drug-likeness (QED) is 0.165. The Morgan fingerprint density at radius 2 is 1.94 bits per heavy atom. The minimum absolute atomic E-state index is 0.0567. The van der Waals surface area contributed by atoms with Gasteiger partial charge in [0, 0.05) is 18.8 Å². The molecule has 1 heterocycles. The molecule has 3 rings (SSSR count). The van der Waals surface area contributed by atoms with Crippen LogP contribution in [0.4, 0.5) is 5.69 Å². The lowest BCUT2D eigenvalue weighted by Gasteiger charge is -2.14. The fraction of sp³-hybridized carbons (Fsp3) is 0.360. The van der Waals surface area contributed by atoms with Crippen molar-refractivity contribution in [3.05, 3.63) is 51.1 Å². The van der Waals surface area contributed by atoms with E-state index in [0.717, 1.165) is 18.4 Å². The first kappa shape index (κ1) is 27.4. The zero-order valence-electron chi connectivity index (χ0n) is 20.1. The molecule has 1 saturated heterocycles. The third-order valence-corrected chi connectivity index (χ3v) is 5.92. The van der Waals surface area contributed by atoms with Crippen LogP contribution in [0.15, 0.2) is 41.5 Å². The Kier molecular flexibility index (Phi) is 10.5. The summed E-state index contributed by atoms with van der Waals surface area (Å²) in [4.78, 5) is 36.2. The number of carbonyl (C=O) groups excluding carboxylic acids is 3. The number of hydrazone groups is 1. The molecule has 0 saturated carbocycles. The second-order valence-corrected chi connectivity index (χ2v) is 9.17. The van der Waals surface area contributed by atoms with E-state index in [9.17, 15) is 14.4 Å². The summed E-state index contributed by atoms with van der Waals surface area (Å²) in [6.45, 7) is 4.94. The Labute approximate surface area is 223 Å². The molecule has 1 atom stereocenters. The molecule has 0 aromatic heterocycles. The third kappa shape index (κ3) is 8.48. The molecule has 192 valence electrons. The monoisotopic (exact) mass is 608 g/mol. The maximum absolute atomic E-state index is 12.3. The van der Waals surface area contributed by atoms with Gasteiger partial charge in [-0.1, -0.05) is 17.7 Å². The molecule has 11 heteroatoms. The van der Waals surface area contributed by atoms with Crippen LogP contribution < -0.4 is 25.5 Å². The van der Waals surface area contributed by atoms with Crippen LogP contribution in [-0.4, -0.2) is 56.4 Å². The molecule has 1 aliphatic heterocycles. The van der Waals surface area contributed by atoms with Crippen molar-refractivity contribution in [1.82, 2.24) is 10.7 Å². The first-order valence-electron chi connectivity index (χ1n) is 11.5. The predicted molar refractivity (Wildman–Crippen MR) is 143 cm³/mol. The first-order chi connectivity index (χ1) is 17.4. The van der Waals surface area contributed by atoms with E-state index in [0.29, 0.717) is 39.5 Å². The van der Waals surface area contributed by atoms with Gasteiger partial charge in [0.1, 0.15) is 0 Å². The number of benzene rings is 2. The highest BCUT2D eigenvalue weighted by atomic mass is 127. The van der Waals surface area contributed by atoms with Crippen molar-refractivity contribution in [1.29, 1.82) is 0 Å². The van der Waals surface area contributed by atoms with Crippen LogP contribution in [0, 0.1) is 10.5 Å². The number of nitrogens with zero attached hydrogens (tertiary/aromatic N) is 1. The van der Waals surface area contributed by atoms with Crippen LogP contribution >= 0.6 is 22.6 Å². The molecule has 3 N–H and O–H groups in total. The largest absolute Gasteiger partial charge is 0.490 e. The molecule has 2 aromatic carbocycles. The highest BCUT2D eigenvalue weighted by molar-refractivity contribution is 14.1. The first-order valence-corrected chi connectivity index (χ1v) is 12.6. The van der Waals surface area contributed by atoms with Crippen molar-refractivity contribution in [2.75, 3.05) is 31.7 Å². The molecule has 0 unspecified atom stereocenters. The summed E-state index contributed by atoms with van der Waals surface area (Å²) in [6.07, 6.45) is 3.14. The van der Waals surface area contributed by atoms with Gasteiger partial charge >= 0.3 is 11.8 Å². The number of ether oxygens (including phenoxy) is 3. The Morgan fingerprint density at radius 1 is 1.17 bits per heavy atom. The molecule has 36 heavy (non-hydrogen) atoms. The van der Waals surface area contributed by atoms with Gasteiger partial charge in [-0.2, -0.15) is 5.10 Å². The van der Waals surface area contributed by atoms with Crippen LogP contribution in [0.5, 0.6) is 11.5 Å². The van der Waals surface area contributed by atoms with Gasteiger partial charge in [-0.05, 0) is 79.1 Å². The minimum Gasteiger partial charge on any atom is -0.490 e. The van der Waals surface area contributed by atoms with Crippen LogP contribution in [0.3, 0.4) is 0 Å². The summed E-state index contributed by atoms with van der Waals surface area (Å²) < 4.78 is 17.5. The van der Waals surface area contributed by atoms with Gasteiger partial charge in [0.25, 0.3) is 5.91 Å². The van der Waals surface area contributed by atoms with E-state index >= 15 is 0 Å². The number of hydrogen-bond donors (Lipinski definition) is 3. The van der Waals surface area contributed by atoms with Crippen LogP contribution in [0.1, 0.15) is 30.9 Å². The summed E-state index contributed by atoms with van der Waals surface area (Å²) in [6, 6.07) is 10.9. The lowest BCUT2D eigenvalue weighted by molar-refractivity contribution is -0.139. The number of halogens is 1. The van der Waals surface area contributed by atoms with Crippen LogP contribution in [-0.2, 0) is 19.1 Å². The average molecular weight is 608 g/mol. The maximum atomic E-state index is 12.3. The third-order valence-electron chi connectivity index (χ3n) is 5.11. The fourth-order valence-electron chi connectivity index (χ4n) is 3.35. The Morgan fingerprint density at radius 3 is 2.64 bits per heavy atom. The Balaban J connectivity index is 1.55. The highest BCUT2D eigenvalue weighted by Gasteiger charge is 2.19. The van der Waals surface area contributed by atoms with Gasteiger partial charge in [0.05, 0.1) is 22.5 Å². The maximum Gasteiger partial charge on any atom is 0.329 e. The summed E-state index contributed by atoms with van der Waals surface area (Å²) in [5.74, 6) is -1.10. The second-order valence-electron chi connectivity index (χ2n) is 8.01.